The van der Waals surface area contributed by atoms with Crippen molar-refractivity contribution >= 4 is 17.5 Å². The molecule has 0 saturated heterocycles. The Kier molecular flexibility index (Phi) is 7.43. The summed E-state index contributed by atoms with van der Waals surface area (Å²) in [6.07, 6.45) is -4.79. The zero-order valence-corrected chi connectivity index (χ0v) is 20.8. The number of fused-ring (bicyclic) bond motifs is 1. The highest BCUT2D eigenvalue weighted by molar-refractivity contribution is 5.96. The summed E-state index contributed by atoms with van der Waals surface area (Å²) in [5.41, 5.74) is -1.35. The molecule has 2 aromatic carbocycles. The van der Waals surface area contributed by atoms with Crippen molar-refractivity contribution in [3.05, 3.63) is 53.1 Å². The van der Waals surface area contributed by atoms with E-state index in [-0.39, 0.29) is 46.8 Å². The summed E-state index contributed by atoms with van der Waals surface area (Å²) in [7, 11) is 2.77. The number of carbonyl (C=O) groups excluding carboxylic acids is 2. The van der Waals surface area contributed by atoms with E-state index in [1.54, 1.807) is 6.92 Å². The number of benzene rings is 2. The Morgan fingerprint density at radius 3 is 2.59 bits per heavy atom. The molecule has 0 spiro atoms. The maximum Gasteiger partial charge on any atom is 0.416 e. The van der Waals surface area contributed by atoms with Gasteiger partial charge in [0.15, 0.2) is 23.8 Å². The lowest BCUT2D eigenvalue weighted by Gasteiger charge is -2.21. The maximum absolute atomic E-state index is 13.6. The number of carbonyl (C=O) groups is 2. The first-order valence-corrected chi connectivity index (χ1v) is 11.3. The minimum absolute atomic E-state index is 0.0691. The Labute approximate surface area is 219 Å². The Balaban J connectivity index is 1.80. The average Bonchev–Trinajstić information content (AvgIpc) is 2.89. The van der Waals surface area contributed by atoms with Gasteiger partial charge in [-0.15, -0.1) is 0 Å². The molecule has 0 atom stereocenters. The number of anilines is 1. The number of nitrogens with zero attached hydrogens (tertiary/aromatic N) is 4. The number of nitriles is 1. The number of hydrogen-bond acceptors (Lipinski definition) is 9. The Morgan fingerprint density at radius 1 is 1.15 bits per heavy atom. The Hall–Kier alpha value is -5.06. The van der Waals surface area contributed by atoms with Crippen LogP contribution in [-0.4, -0.2) is 54.0 Å². The number of aromatic nitrogens is 2. The fourth-order valence-electron chi connectivity index (χ4n) is 3.39. The van der Waals surface area contributed by atoms with Crippen molar-refractivity contribution in [2.75, 3.05) is 32.6 Å². The van der Waals surface area contributed by atoms with E-state index in [1.165, 1.54) is 32.3 Å². The molecule has 11 nitrogen and oxygen atoms in total. The van der Waals surface area contributed by atoms with Gasteiger partial charge in [0, 0.05) is 25.7 Å². The van der Waals surface area contributed by atoms with Crippen molar-refractivity contribution in [2.45, 2.75) is 13.1 Å². The summed E-state index contributed by atoms with van der Waals surface area (Å²) in [5, 5.41) is 11.7. The van der Waals surface area contributed by atoms with Gasteiger partial charge in [-0.2, -0.15) is 28.4 Å². The quantitative estimate of drug-likeness (QED) is 0.460. The molecule has 202 valence electrons. The Morgan fingerprint density at radius 2 is 1.92 bits per heavy atom. The van der Waals surface area contributed by atoms with E-state index in [1.807, 2.05) is 6.07 Å². The third kappa shape index (κ3) is 6.09. The van der Waals surface area contributed by atoms with Gasteiger partial charge < -0.3 is 29.2 Å². The highest BCUT2D eigenvalue weighted by Crippen LogP contribution is 2.41. The van der Waals surface area contributed by atoms with E-state index in [2.05, 4.69) is 15.3 Å². The van der Waals surface area contributed by atoms with Gasteiger partial charge >= 0.3 is 12.2 Å². The molecule has 1 aromatic heterocycles. The largest absolute Gasteiger partial charge is 0.490 e. The topological polar surface area (TPSA) is 136 Å². The number of halogens is 3. The number of hydrogen-bond donors (Lipinski definition) is 1. The molecule has 3 aromatic rings. The first kappa shape index (κ1) is 27.0. The lowest BCUT2D eigenvalue weighted by atomic mass is 10.1. The number of rotatable bonds is 7. The van der Waals surface area contributed by atoms with E-state index in [9.17, 15) is 28.0 Å². The highest BCUT2D eigenvalue weighted by atomic mass is 19.4. The first-order chi connectivity index (χ1) is 18.5. The average molecular weight is 543 g/mol. The van der Waals surface area contributed by atoms with Gasteiger partial charge in [-0.05, 0) is 37.3 Å². The molecule has 0 unspecified atom stereocenters. The number of amides is 2. The van der Waals surface area contributed by atoms with Crippen LogP contribution < -0.4 is 24.3 Å². The van der Waals surface area contributed by atoms with Crippen LogP contribution in [-0.2, 0) is 11.0 Å². The fraction of sp³-hybridized carbons (Fsp3) is 0.240. The SMILES string of the molecule is CCOc1ccc(C#N)cc1Oc1nc2c(c(Oc3cc(C(=O)N(C)C)cc(C(F)(F)F)c3)n1)NC(=O)CO2. The maximum atomic E-state index is 13.6. The molecule has 4 rings (SSSR count). The molecule has 39 heavy (non-hydrogen) atoms. The molecule has 0 bridgehead atoms. The van der Waals surface area contributed by atoms with Crippen LogP contribution in [0.1, 0.15) is 28.4 Å². The van der Waals surface area contributed by atoms with Gasteiger partial charge in [0.1, 0.15) is 5.75 Å². The van der Waals surface area contributed by atoms with Crippen molar-refractivity contribution < 1.29 is 41.7 Å². The molecule has 14 heteroatoms. The summed E-state index contributed by atoms with van der Waals surface area (Å²) in [5.74, 6) is -1.95. The molecular formula is C25H20F3N5O6. The number of alkyl halides is 3. The van der Waals surface area contributed by atoms with Crippen LogP contribution in [0.2, 0.25) is 0 Å². The van der Waals surface area contributed by atoms with Gasteiger partial charge in [0.05, 0.1) is 23.8 Å². The smallest absolute Gasteiger partial charge is 0.416 e. The minimum atomic E-state index is -4.79. The van der Waals surface area contributed by atoms with E-state index >= 15 is 0 Å². The van der Waals surface area contributed by atoms with Crippen LogP contribution in [0.5, 0.6) is 35.0 Å². The summed E-state index contributed by atoms with van der Waals surface area (Å²) in [6.45, 7) is 1.62. The van der Waals surface area contributed by atoms with Crippen LogP contribution in [0.4, 0.5) is 18.9 Å². The van der Waals surface area contributed by atoms with Crippen LogP contribution in [0, 0.1) is 11.3 Å². The molecule has 2 amide bonds. The summed E-state index contributed by atoms with van der Waals surface area (Å²) in [4.78, 5) is 33.7. The second-order valence-corrected chi connectivity index (χ2v) is 8.18. The molecule has 1 aliphatic heterocycles. The normalized spacial score (nSPS) is 12.4. The predicted octanol–water partition coefficient (Wildman–Crippen LogP) is 4.38. The van der Waals surface area contributed by atoms with Crippen LogP contribution >= 0.6 is 0 Å². The number of ether oxygens (including phenoxy) is 4. The van der Waals surface area contributed by atoms with Gasteiger partial charge in [0.2, 0.25) is 5.88 Å². The van der Waals surface area contributed by atoms with Gasteiger partial charge in [-0.25, -0.2) is 0 Å². The van der Waals surface area contributed by atoms with Crippen molar-refractivity contribution in [3.63, 3.8) is 0 Å². The third-order valence-electron chi connectivity index (χ3n) is 5.10. The third-order valence-corrected chi connectivity index (χ3v) is 5.10. The van der Waals surface area contributed by atoms with Gasteiger partial charge in [0.25, 0.3) is 17.7 Å². The summed E-state index contributed by atoms with van der Waals surface area (Å²) < 4.78 is 63.1. The van der Waals surface area contributed by atoms with Crippen molar-refractivity contribution in [1.29, 1.82) is 5.26 Å². The van der Waals surface area contributed by atoms with Crippen molar-refractivity contribution in [3.8, 4) is 41.1 Å². The second kappa shape index (κ2) is 10.7. The van der Waals surface area contributed by atoms with Crippen LogP contribution in [0.15, 0.2) is 36.4 Å². The zero-order valence-electron chi connectivity index (χ0n) is 20.8. The predicted molar refractivity (Wildman–Crippen MR) is 128 cm³/mol. The van der Waals surface area contributed by atoms with E-state index in [0.29, 0.717) is 12.1 Å². The molecule has 0 radical (unpaired) electrons. The molecular weight excluding hydrogens is 523 g/mol. The monoisotopic (exact) mass is 543 g/mol. The zero-order chi connectivity index (χ0) is 28.3. The molecule has 2 heterocycles. The molecule has 0 fully saturated rings. The second-order valence-electron chi connectivity index (χ2n) is 8.18. The van der Waals surface area contributed by atoms with Crippen LogP contribution in [0.25, 0.3) is 0 Å². The molecule has 0 aliphatic carbocycles. The Bertz CT molecular complexity index is 1490. The lowest BCUT2D eigenvalue weighted by molar-refractivity contribution is -0.137. The number of nitrogens with one attached hydrogen (secondary N) is 1. The summed E-state index contributed by atoms with van der Waals surface area (Å²) >= 11 is 0. The van der Waals surface area contributed by atoms with Crippen molar-refractivity contribution in [2.24, 2.45) is 0 Å². The van der Waals surface area contributed by atoms with Crippen LogP contribution in [0.3, 0.4) is 0 Å². The standard InChI is InChI=1S/C25H20F3N5O6/c1-4-36-17-6-5-13(11-29)7-18(17)39-24-31-21-20(30-19(34)12-37-21)22(32-24)38-16-9-14(23(35)33(2)3)8-15(10-16)25(26,27)28/h5-10H,4,12H2,1-3H3,(H,30,34). The lowest BCUT2D eigenvalue weighted by Crippen LogP contribution is -2.26. The molecule has 0 saturated carbocycles. The first-order valence-electron chi connectivity index (χ1n) is 11.3. The van der Waals surface area contributed by atoms with Gasteiger partial charge in [-0.1, -0.05) is 0 Å². The highest BCUT2D eigenvalue weighted by Gasteiger charge is 2.33. The fourth-order valence-corrected chi connectivity index (χ4v) is 3.39. The van der Waals surface area contributed by atoms with E-state index < -0.39 is 41.8 Å². The molecule has 1 N–H and O–H groups in total. The minimum Gasteiger partial charge on any atom is -0.490 e. The molecule has 1 aliphatic rings. The van der Waals surface area contributed by atoms with E-state index in [0.717, 1.165) is 11.0 Å². The van der Waals surface area contributed by atoms with Gasteiger partial charge in [-0.3, -0.25) is 9.59 Å². The van der Waals surface area contributed by atoms with Crippen molar-refractivity contribution in [1.82, 2.24) is 14.9 Å². The summed E-state index contributed by atoms with van der Waals surface area (Å²) in [6, 6.07) is 8.46. The van der Waals surface area contributed by atoms with E-state index in [4.69, 9.17) is 18.9 Å².